The zero-order valence-corrected chi connectivity index (χ0v) is 14.1. The molecular formula is C13H8Cl3F3N4O. The van der Waals surface area contributed by atoms with Gasteiger partial charge in [0, 0.05) is 18.8 Å². The van der Waals surface area contributed by atoms with E-state index in [4.69, 9.17) is 34.8 Å². The summed E-state index contributed by atoms with van der Waals surface area (Å²) < 4.78 is 37.8. The van der Waals surface area contributed by atoms with Gasteiger partial charge in [-0.1, -0.05) is 34.8 Å². The van der Waals surface area contributed by atoms with Crippen LogP contribution in [0.25, 0.3) is 0 Å². The molecule has 0 atom stereocenters. The normalized spacial score (nSPS) is 11.3. The van der Waals surface area contributed by atoms with E-state index in [-0.39, 0.29) is 26.7 Å². The third-order valence-electron chi connectivity index (χ3n) is 2.76. The van der Waals surface area contributed by atoms with Gasteiger partial charge in [-0.15, -0.1) is 0 Å². The Bertz CT molecular complexity index is 765. The smallest absolute Gasteiger partial charge is 0.270 e. The van der Waals surface area contributed by atoms with Crippen molar-refractivity contribution >= 4 is 46.5 Å². The molecule has 11 heteroatoms. The first kappa shape index (κ1) is 18.6. The van der Waals surface area contributed by atoms with Gasteiger partial charge in [0.1, 0.15) is 10.3 Å². The number of hydrogen-bond acceptors (Lipinski definition) is 4. The van der Waals surface area contributed by atoms with Gasteiger partial charge in [-0.3, -0.25) is 15.2 Å². The maximum absolute atomic E-state index is 12.6. The first-order valence-corrected chi connectivity index (χ1v) is 7.32. The molecule has 0 spiro atoms. The van der Waals surface area contributed by atoms with E-state index in [2.05, 4.69) is 15.4 Å². The van der Waals surface area contributed by atoms with E-state index < -0.39 is 17.6 Å². The number of carbonyl (C=O) groups excluding carboxylic acids is 1. The average Bonchev–Trinajstić information content (AvgIpc) is 2.44. The quantitative estimate of drug-likeness (QED) is 0.620. The predicted octanol–water partition coefficient (Wildman–Crippen LogP) is 4.24. The second kappa shape index (κ2) is 7.00. The van der Waals surface area contributed by atoms with Gasteiger partial charge in [0.05, 0.1) is 10.6 Å². The van der Waals surface area contributed by atoms with Gasteiger partial charge in [0.2, 0.25) is 0 Å². The molecule has 0 aromatic carbocycles. The van der Waals surface area contributed by atoms with E-state index in [0.29, 0.717) is 12.3 Å². The number of halogens is 6. The molecule has 0 saturated carbocycles. The van der Waals surface area contributed by atoms with Crippen molar-refractivity contribution in [3.05, 3.63) is 50.9 Å². The van der Waals surface area contributed by atoms with Crippen molar-refractivity contribution in [3.63, 3.8) is 0 Å². The van der Waals surface area contributed by atoms with Crippen LogP contribution in [0, 0.1) is 0 Å². The van der Waals surface area contributed by atoms with E-state index in [9.17, 15) is 18.0 Å². The molecule has 0 radical (unpaired) electrons. The third kappa shape index (κ3) is 4.40. The molecule has 24 heavy (non-hydrogen) atoms. The monoisotopic (exact) mass is 398 g/mol. The Hall–Kier alpha value is -1.77. The first-order chi connectivity index (χ1) is 11.1. The van der Waals surface area contributed by atoms with E-state index >= 15 is 0 Å². The van der Waals surface area contributed by atoms with Gasteiger partial charge in [0.15, 0.2) is 5.82 Å². The highest BCUT2D eigenvalue weighted by Crippen LogP contribution is 2.32. The van der Waals surface area contributed by atoms with E-state index in [1.807, 2.05) is 0 Å². The van der Waals surface area contributed by atoms with Crippen molar-refractivity contribution in [3.8, 4) is 0 Å². The molecule has 1 amide bonds. The molecule has 0 aliphatic heterocycles. The Morgan fingerprint density at radius 2 is 1.75 bits per heavy atom. The Morgan fingerprint density at radius 1 is 1.17 bits per heavy atom. The summed E-state index contributed by atoms with van der Waals surface area (Å²) in [5.41, 5.74) is 1.50. The molecule has 2 rings (SSSR count). The fourth-order valence-corrected chi connectivity index (χ4v) is 2.45. The largest absolute Gasteiger partial charge is 0.417 e. The molecule has 128 valence electrons. The minimum absolute atomic E-state index is 0.0148. The molecule has 0 saturated heterocycles. The molecule has 0 fully saturated rings. The van der Waals surface area contributed by atoms with Crippen molar-refractivity contribution in [1.82, 2.24) is 15.4 Å². The van der Waals surface area contributed by atoms with Crippen LogP contribution in [0.4, 0.5) is 19.0 Å². The molecule has 1 N–H and O–H groups in total. The molecule has 2 heterocycles. The number of alkyl halides is 3. The number of anilines is 1. The van der Waals surface area contributed by atoms with Crippen molar-refractivity contribution < 1.29 is 18.0 Å². The summed E-state index contributed by atoms with van der Waals surface area (Å²) in [7, 11) is 1.36. The number of hydrogen-bond donors (Lipinski definition) is 1. The zero-order chi connectivity index (χ0) is 18.1. The van der Waals surface area contributed by atoms with Crippen LogP contribution in [0.2, 0.25) is 15.3 Å². The summed E-state index contributed by atoms with van der Waals surface area (Å²) in [5.74, 6) is -0.689. The minimum atomic E-state index is -4.57. The van der Waals surface area contributed by atoms with Crippen LogP contribution in [0.3, 0.4) is 0 Å². The lowest BCUT2D eigenvalue weighted by molar-refractivity contribution is -0.137. The van der Waals surface area contributed by atoms with Crippen LogP contribution in [-0.2, 0) is 6.18 Å². The molecule has 0 bridgehead atoms. The van der Waals surface area contributed by atoms with Gasteiger partial charge < -0.3 is 0 Å². The van der Waals surface area contributed by atoms with Crippen LogP contribution in [0.1, 0.15) is 15.9 Å². The number of rotatable bonds is 3. The van der Waals surface area contributed by atoms with Crippen LogP contribution >= 0.6 is 34.8 Å². The number of nitrogens with one attached hydrogen (secondary N) is 1. The van der Waals surface area contributed by atoms with Gasteiger partial charge >= 0.3 is 6.18 Å². The Labute approximate surface area is 149 Å². The van der Waals surface area contributed by atoms with Crippen molar-refractivity contribution in [2.45, 2.75) is 6.18 Å². The number of aromatic nitrogens is 2. The highest BCUT2D eigenvalue weighted by atomic mass is 35.5. The van der Waals surface area contributed by atoms with Gasteiger partial charge in [-0.2, -0.15) is 13.2 Å². The molecule has 0 unspecified atom stereocenters. The minimum Gasteiger partial charge on any atom is -0.270 e. The van der Waals surface area contributed by atoms with Crippen molar-refractivity contribution in [2.75, 3.05) is 12.1 Å². The fraction of sp³-hybridized carbons (Fsp3) is 0.154. The van der Waals surface area contributed by atoms with Crippen LogP contribution in [0.15, 0.2) is 24.4 Å². The van der Waals surface area contributed by atoms with Crippen molar-refractivity contribution in [2.24, 2.45) is 0 Å². The molecule has 0 aliphatic rings. The fourth-order valence-electron chi connectivity index (χ4n) is 1.70. The zero-order valence-electron chi connectivity index (χ0n) is 11.8. The highest BCUT2D eigenvalue weighted by molar-refractivity contribution is 6.33. The summed E-state index contributed by atoms with van der Waals surface area (Å²) in [5, 5.41) is 0.827. The Morgan fingerprint density at radius 3 is 2.25 bits per heavy atom. The first-order valence-electron chi connectivity index (χ1n) is 6.18. The Balaban J connectivity index is 2.20. The predicted molar refractivity (Wildman–Crippen MR) is 84.4 cm³/mol. The van der Waals surface area contributed by atoms with Gasteiger partial charge in [-0.05, 0) is 18.2 Å². The second-order valence-electron chi connectivity index (χ2n) is 4.53. The topological polar surface area (TPSA) is 58.1 Å². The lowest BCUT2D eigenvalue weighted by Crippen LogP contribution is -2.40. The van der Waals surface area contributed by atoms with Gasteiger partial charge in [0.25, 0.3) is 5.91 Å². The number of pyridine rings is 2. The van der Waals surface area contributed by atoms with Crippen LogP contribution in [0.5, 0.6) is 0 Å². The van der Waals surface area contributed by atoms with Gasteiger partial charge in [-0.25, -0.2) is 9.97 Å². The summed E-state index contributed by atoms with van der Waals surface area (Å²) in [6.45, 7) is 0. The summed E-state index contributed by atoms with van der Waals surface area (Å²) >= 11 is 17.2. The molecule has 5 nitrogen and oxygen atoms in total. The number of hydrazine groups is 1. The van der Waals surface area contributed by atoms with Crippen molar-refractivity contribution in [1.29, 1.82) is 0 Å². The number of nitrogens with zero attached hydrogens (tertiary/aromatic N) is 3. The lowest BCUT2D eigenvalue weighted by Gasteiger charge is -2.21. The Kier molecular flexibility index (Phi) is 5.42. The highest BCUT2D eigenvalue weighted by Gasteiger charge is 2.32. The summed E-state index contributed by atoms with van der Waals surface area (Å²) in [6.07, 6.45) is -3.95. The second-order valence-corrected chi connectivity index (χ2v) is 5.71. The molecular weight excluding hydrogens is 392 g/mol. The standard InChI is InChI=1S/C13H8Cl3F3N4O/c1-23(11-8(14)4-7(5-20-11)13(17,18)19)22-12(24)6-2-9(15)21-10(16)3-6/h2-5H,1H3,(H,22,24). The number of carbonyl (C=O) groups is 1. The van der Waals surface area contributed by atoms with E-state index in [1.54, 1.807) is 0 Å². The third-order valence-corrected chi connectivity index (χ3v) is 3.43. The maximum Gasteiger partial charge on any atom is 0.417 e. The SMILES string of the molecule is CN(NC(=O)c1cc(Cl)nc(Cl)c1)c1ncc(C(F)(F)F)cc1Cl. The van der Waals surface area contributed by atoms with E-state index in [0.717, 1.165) is 5.01 Å². The summed E-state index contributed by atoms with van der Waals surface area (Å²) in [4.78, 5) is 19.4. The maximum atomic E-state index is 12.6. The lowest BCUT2D eigenvalue weighted by atomic mass is 10.2. The average molecular weight is 400 g/mol. The summed E-state index contributed by atoms with van der Waals surface area (Å²) in [6, 6.07) is 3.27. The number of amides is 1. The van der Waals surface area contributed by atoms with Crippen LogP contribution in [-0.4, -0.2) is 22.9 Å². The van der Waals surface area contributed by atoms with Crippen LogP contribution < -0.4 is 10.4 Å². The molecule has 2 aromatic heterocycles. The molecule has 0 aliphatic carbocycles. The van der Waals surface area contributed by atoms with E-state index in [1.165, 1.54) is 19.2 Å². The molecule has 2 aromatic rings.